The first kappa shape index (κ1) is 12.6. The third-order valence-electron chi connectivity index (χ3n) is 2.95. The smallest absolute Gasteiger partial charge is 0.274 e. The predicted octanol–water partition coefficient (Wildman–Crippen LogP) is 2.94. The number of fused-ring (bicyclic) bond motifs is 1. The molecule has 0 atom stereocenters. The maximum atomic E-state index is 12.3. The number of aryl methyl sites for hydroxylation is 1. The fourth-order valence-corrected chi connectivity index (χ4v) is 2.05. The summed E-state index contributed by atoms with van der Waals surface area (Å²) in [5.41, 5.74) is 2.64. The molecule has 0 aliphatic carbocycles. The van der Waals surface area contributed by atoms with Crippen LogP contribution in [0.5, 0.6) is 0 Å². The van der Waals surface area contributed by atoms with Gasteiger partial charge in [0, 0.05) is 23.0 Å². The fourth-order valence-electron chi connectivity index (χ4n) is 1.87. The van der Waals surface area contributed by atoms with E-state index in [9.17, 15) is 4.79 Å². The summed E-state index contributed by atoms with van der Waals surface area (Å²) in [6.45, 7) is 1.91. The third kappa shape index (κ3) is 2.23. The molecule has 0 fully saturated rings. The molecule has 1 N–H and O–H groups in total. The second kappa shape index (κ2) is 4.94. The zero-order valence-electron chi connectivity index (χ0n) is 10.7. The highest BCUT2D eigenvalue weighted by Crippen LogP contribution is 2.20. The van der Waals surface area contributed by atoms with Gasteiger partial charge < -0.3 is 5.32 Å². The predicted molar refractivity (Wildman–Crippen MR) is 77.1 cm³/mol. The normalized spacial score (nSPS) is 10.7. The van der Waals surface area contributed by atoms with Crippen molar-refractivity contribution in [2.24, 2.45) is 0 Å². The molecule has 0 spiro atoms. The number of amides is 1. The number of rotatable bonds is 2. The van der Waals surface area contributed by atoms with Crippen molar-refractivity contribution in [3.05, 3.63) is 59.0 Å². The Morgan fingerprint density at radius 1 is 1.25 bits per heavy atom. The van der Waals surface area contributed by atoms with Gasteiger partial charge in [0.25, 0.3) is 5.91 Å². The van der Waals surface area contributed by atoms with E-state index in [4.69, 9.17) is 11.6 Å². The molecule has 0 aliphatic rings. The van der Waals surface area contributed by atoms with Crippen molar-refractivity contribution < 1.29 is 4.79 Å². The van der Waals surface area contributed by atoms with E-state index in [1.807, 2.05) is 13.0 Å². The average Bonchev–Trinajstić information content (AvgIpc) is 2.91. The number of carbonyl (C=O) groups is 1. The van der Waals surface area contributed by atoms with Gasteiger partial charge in [-0.1, -0.05) is 17.7 Å². The average molecular weight is 287 g/mol. The maximum Gasteiger partial charge on any atom is 0.274 e. The molecule has 3 aromatic rings. The van der Waals surface area contributed by atoms with E-state index in [0.29, 0.717) is 22.1 Å². The Balaban J connectivity index is 1.93. The van der Waals surface area contributed by atoms with Gasteiger partial charge >= 0.3 is 0 Å². The van der Waals surface area contributed by atoms with Crippen LogP contribution in [0.15, 0.2) is 42.7 Å². The standard InChI is InChI=1S/C14H11ClN4O/c1-9-2-3-10(8-11(9)15)18-14(20)12-4-6-16-13-5-7-17-19(12)13/h2-8H,1H3,(H,18,20). The molecule has 0 saturated carbocycles. The van der Waals surface area contributed by atoms with Gasteiger partial charge in [-0.15, -0.1) is 0 Å². The van der Waals surface area contributed by atoms with Crippen molar-refractivity contribution in [3.8, 4) is 0 Å². The van der Waals surface area contributed by atoms with Gasteiger partial charge in [0.1, 0.15) is 5.69 Å². The molecule has 5 nitrogen and oxygen atoms in total. The van der Waals surface area contributed by atoms with Crippen LogP contribution < -0.4 is 5.32 Å². The number of nitrogens with one attached hydrogen (secondary N) is 1. The van der Waals surface area contributed by atoms with Crippen LogP contribution in [0.2, 0.25) is 5.02 Å². The number of hydrogen-bond donors (Lipinski definition) is 1. The largest absolute Gasteiger partial charge is 0.321 e. The van der Waals surface area contributed by atoms with Gasteiger partial charge in [-0.05, 0) is 30.7 Å². The summed E-state index contributed by atoms with van der Waals surface area (Å²) in [5, 5.41) is 7.49. The lowest BCUT2D eigenvalue weighted by molar-refractivity contribution is 0.102. The van der Waals surface area contributed by atoms with Crippen molar-refractivity contribution in [1.29, 1.82) is 0 Å². The number of nitrogens with zero attached hydrogens (tertiary/aromatic N) is 3. The second-order valence-electron chi connectivity index (χ2n) is 4.35. The monoisotopic (exact) mass is 286 g/mol. The molecule has 0 bridgehead atoms. The minimum Gasteiger partial charge on any atom is -0.321 e. The van der Waals surface area contributed by atoms with Crippen LogP contribution in [-0.2, 0) is 0 Å². The van der Waals surface area contributed by atoms with Crippen LogP contribution in [0.3, 0.4) is 0 Å². The minimum absolute atomic E-state index is 0.263. The van der Waals surface area contributed by atoms with Gasteiger partial charge in [-0.2, -0.15) is 5.10 Å². The Hall–Kier alpha value is -2.40. The van der Waals surface area contributed by atoms with Crippen LogP contribution in [-0.4, -0.2) is 20.5 Å². The molecule has 2 aromatic heterocycles. The van der Waals surface area contributed by atoms with E-state index in [1.54, 1.807) is 36.7 Å². The van der Waals surface area contributed by atoms with Gasteiger partial charge in [0.2, 0.25) is 0 Å². The number of hydrogen-bond acceptors (Lipinski definition) is 3. The Morgan fingerprint density at radius 2 is 2.10 bits per heavy atom. The van der Waals surface area contributed by atoms with Gasteiger partial charge in [0.05, 0.1) is 6.20 Å². The molecule has 0 aliphatic heterocycles. The van der Waals surface area contributed by atoms with Gasteiger partial charge in [-0.25, -0.2) is 9.50 Å². The van der Waals surface area contributed by atoms with Crippen molar-refractivity contribution in [2.75, 3.05) is 5.32 Å². The highest BCUT2D eigenvalue weighted by Gasteiger charge is 2.11. The van der Waals surface area contributed by atoms with E-state index < -0.39 is 0 Å². The SMILES string of the molecule is Cc1ccc(NC(=O)c2ccnc3ccnn23)cc1Cl. The zero-order valence-corrected chi connectivity index (χ0v) is 11.4. The fraction of sp³-hybridized carbons (Fsp3) is 0.0714. The molecule has 3 rings (SSSR count). The first-order chi connectivity index (χ1) is 9.65. The Bertz CT molecular complexity index is 797. The summed E-state index contributed by atoms with van der Waals surface area (Å²) < 4.78 is 1.49. The van der Waals surface area contributed by atoms with E-state index in [-0.39, 0.29) is 5.91 Å². The number of anilines is 1. The third-order valence-corrected chi connectivity index (χ3v) is 3.36. The molecular formula is C14H11ClN4O. The van der Waals surface area contributed by atoms with Crippen LogP contribution in [0.4, 0.5) is 5.69 Å². The highest BCUT2D eigenvalue weighted by atomic mass is 35.5. The van der Waals surface area contributed by atoms with Crippen molar-refractivity contribution in [3.63, 3.8) is 0 Å². The summed E-state index contributed by atoms with van der Waals surface area (Å²) in [5.74, 6) is -0.263. The van der Waals surface area contributed by atoms with Gasteiger partial charge in [0.15, 0.2) is 5.65 Å². The van der Waals surface area contributed by atoms with Crippen LogP contribution in [0, 0.1) is 6.92 Å². The lowest BCUT2D eigenvalue weighted by Crippen LogP contribution is -2.16. The lowest BCUT2D eigenvalue weighted by atomic mass is 10.2. The van der Waals surface area contributed by atoms with Crippen LogP contribution >= 0.6 is 11.6 Å². The van der Waals surface area contributed by atoms with E-state index in [1.165, 1.54) is 4.52 Å². The Morgan fingerprint density at radius 3 is 2.90 bits per heavy atom. The zero-order chi connectivity index (χ0) is 14.1. The number of aromatic nitrogens is 3. The maximum absolute atomic E-state index is 12.3. The van der Waals surface area contributed by atoms with Crippen molar-refractivity contribution in [1.82, 2.24) is 14.6 Å². The molecule has 1 aromatic carbocycles. The first-order valence-electron chi connectivity index (χ1n) is 6.01. The molecule has 0 radical (unpaired) electrons. The molecule has 100 valence electrons. The Labute approximate surface area is 120 Å². The van der Waals surface area contributed by atoms with E-state index >= 15 is 0 Å². The molecule has 0 unspecified atom stereocenters. The minimum atomic E-state index is -0.263. The summed E-state index contributed by atoms with van der Waals surface area (Å²) in [4.78, 5) is 16.4. The molecule has 6 heteroatoms. The van der Waals surface area contributed by atoms with Crippen molar-refractivity contribution in [2.45, 2.75) is 6.92 Å². The molecule has 2 heterocycles. The number of carbonyl (C=O) groups excluding carboxylic acids is 1. The molecular weight excluding hydrogens is 276 g/mol. The first-order valence-corrected chi connectivity index (χ1v) is 6.39. The number of halogens is 1. The van der Waals surface area contributed by atoms with Gasteiger partial charge in [-0.3, -0.25) is 4.79 Å². The lowest BCUT2D eigenvalue weighted by Gasteiger charge is -2.07. The quantitative estimate of drug-likeness (QED) is 0.788. The summed E-state index contributed by atoms with van der Waals surface area (Å²) in [6.07, 6.45) is 3.18. The molecule has 1 amide bonds. The van der Waals surface area contributed by atoms with E-state index in [0.717, 1.165) is 5.56 Å². The van der Waals surface area contributed by atoms with Crippen LogP contribution in [0.1, 0.15) is 16.1 Å². The second-order valence-corrected chi connectivity index (χ2v) is 4.76. The summed E-state index contributed by atoms with van der Waals surface area (Å²) >= 11 is 6.04. The van der Waals surface area contributed by atoms with Crippen molar-refractivity contribution >= 4 is 28.8 Å². The van der Waals surface area contributed by atoms with Crippen LogP contribution in [0.25, 0.3) is 5.65 Å². The molecule has 0 saturated heterocycles. The topological polar surface area (TPSA) is 59.3 Å². The van der Waals surface area contributed by atoms with E-state index in [2.05, 4.69) is 15.4 Å². The number of benzene rings is 1. The summed E-state index contributed by atoms with van der Waals surface area (Å²) in [7, 11) is 0. The molecule has 20 heavy (non-hydrogen) atoms. The highest BCUT2D eigenvalue weighted by molar-refractivity contribution is 6.31. The Kier molecular flexibility index (Phi) is 3.12. The summed E-state index contributed by atoms with van der Waals surface area (Å²) in [6, 6.07) is 8.73.